The molecule has 0 fully saturated rings. The Bertz CT molecular complexity index is 1010. The van der Waals surface area contributed by atoms with Gasteiger partial charge in [0.05, 0.1) is 16.6 Å². The molecule has 122 valence electrons. The number of benzene rings is 1. The number of halogens is 1. The smallest absolute Gasteiger partial charge is 0.231 e. The van der Waals surface area contributed by atoms with Crippen LogP contribution in [0.3, 0.4) is 0 Å². The average Bonchev–Trinajstić information content (AvgIpc) is 3.14. The molecule has 0 saturated carbocycles. The number of rotatable bonds is 1. The van der Waals surface area contributed by atoms with E-state index in [4.69, 9.17) is 21.1 Å². The molecular weight excluding hydrogens is 372 g/mol. The molecule has 1 aromatic carbocycles. The van der Waals surface area contributed by atoms with Gasteiger partial charge in [-0.05, 0) is 18.0 Å². The highest BCUT2D eigenvalue weighted by Gasteiger charge is 2.32. The van der Waals surface area contributed by atoms with E-state index in [1.165, 1.54) is 23.5 Å². The van der Waals surface area contributed by atoms with Gasteiger partial charge in [0.1, 0.15) is 10.2 Å². The molecule has 1 atom stereocenters. The Labute approximate surface area is 149 Å². The predicted octanol–water partition coefficient (Wildman–Crippen LogP) is 2.93. The molecule has 3 aromatic rings. The Kier molecular flexibility index (Phi) is 3.15. The SMILES string of the molecule is CSc1nc(Cl)c2c(n1)Sc1nc3cc4c(cc3n1[C@H]2O)OCO4. The standard InChI is InChI=1S/C14H9ClN4O3S2/c1-23-13-17-10(15)9-11(18-13)24-14-16-5-2-7-8(22-4-21-7)3-6(5)19(14)12(9)20/h2-3,12,20H,4H2,1H3/t12-/m0/s1. The number of aliphatic hydroxyl groups is 1. The van der Waals surface area contributed by atoms with E-state index in [1.807, 2.05) is 18.4 Å². The third-order valence-corrected chi connectivity index (χ3v) is 5.68. The van der Waals surface area contributed by atoms with E-state index in [9.17, 15) is 5.11 Å². The van der Waals surface area contributed by atoms with E-state index in [0.29, 0.717) is 37.9 Å². The normalized spacial score (nSPS) is 17.9. The summed E-state index contributed by atoms with van der Waals surface area (Å²) in [4.78, 5) is 13.2. The van der Waals surface area contributed by atoms with Crippen LogP contribution in [0.5, 0.6) is 11.5 Å². The lowest BCUT2D eigenvalue weighted by atomic mass is 10.2. The van der Waals surface area contributed by atoms with Crippen molar-refractivity contribution in [1.29, 1.82) is 0 Å². The van der Waals surface area contributed by atoms with Gasteiger partial charge in [-0.25, -0.2) is 15.0 Å². The van der Waals surface area contributed by atoms with Crippen molar-refractivity contribution < 1.29 is 14.6 Å². The van der Waals surface area contributed by atoms with Crippen molar-refractivity contribution in [1.82, 2.24) is 19.5 Å². The van der Waals surface area contributed by atoms with E-state index in [-0.39, 0.29) is 11.9 Å². The fourth-order valence-corrected chi connectivity index (χ4v) is 4.63. The summed E-state index contributed by atoms with van der Waals surface area (Å²) in [6, 6.07) is 3.62. The molecule has 1 N–H and O–H groups in total. The molecule has 0 saturated heterocycles. The Morgan fingerprint density at radius 1 is 1.29 bits per heavy atom. The van der Waals surface area contributed by atoms with Crippen LogP contribution in [0.1, 0.15) is 11.8 Å². The third kappa shape index (κ3) is 1.95. The van der Waals surface area contributed by atoms with Crippen molar-refractivity contribution in [2.24, 2.45) is 0 Å². The van der Waals surface area contributed by atoms with Crippen LogP contribution < -0.4 is 9.47 Å². The molecule has 0 aliphatic carbocycles. The van der Waals surface area contributed by atoms with Crippen LogP contribution in [0.25, 0.3) is 11.0 Å². The summed E-state index contributed by atoms with van der Waals surface area (Å²) in [5.74, 6) is 1.28. The van der Waals surface area contributed by atoms with Gasteiger partial charge < -0.3 is 14.6 Å². The van der Waals surface area contributed by atoms with Crippen molar-refractivity contribution in [3.63, 3.8) is 0 Å². The Balaban J connectivity index is 1.74. The molecule has 0 spiro atoms. The number of hydrogen-bond donors (Lipinski definition) is 1. The first-order valence-corrected chi connectivity index (χ1v) is 9.36. The maximum atomic E-state index is 10.9. The van der Waals surface area contributed by atoms with E-state index in [1.54, 1.807) is 4.57 Å². The fourth-order valence-electron chi connectivity index (χ4n) is 2.78. The highest BCUT2D eigenvalue weighted by Crippen LogP contribution is 2.46. The van der Waals surface area contributed by atoms with Crippen LogP contribution in [0.15, 0.2) is 27.5 Å². The predicted molar refractivity (Wildman–Crippen MR) is 89.2 cm³/mol. The summed E-state index contributed by atoms with van der Waals surface area (Å²) in [5, 5.41) is 12.9. The van der Waals surface area contributed by atoms with Crippen LogP contribution in [0.4, 0.5) is 0 Å². The van der Waals surface area contributed by atoms with Crippen molar-refractivity contribution in [2.45, 2.75) is 21.6 Å². The number of imidazole rings is 1. The van der Waals surface area contributed by atoms with Crippen molar-refractivity contribution in [2.75, 3.05) is 13.0 Å². The monoisotopic (exact) mass is 380 g/mol. The zero-order chi connectivity index (χ0) is 16.4. The van der Waals surface area contributed by atoms with Gasteiger partial charge in [0.2, 0.25) is 6.79 Å². The minimum Gasteiger partial charge on any atom is -0.454 e. The Morgan fingerprint density at radius 2 is 2.08 bits per heavy atom. The molecule has 2 aliphatic heterocycles. The number of aliphatic hydroxyl groups excluding tert-OH is 1. The van der Waals surface area contributed by atoms with Crippen LogP contribution in [0, 0.1) is 0 Å². The van der Waals surface area contributed by atoms with E-state index in [2.05, 4.69) is 15.0 Å². The van der Waals surface area contributed by atoms with Crippen molar-refractivity contribution >= 4 is 46.2 Å². The number of hydrogen-bond acceptors (Lipinski definition) is 8. The highest BCUT2D eigenvalue weighted by atomic mass is 35.5. The first-order valence-electron chi connectivity index (χ1n) is 6.94. The van der Waals surface area contributed by atoms with Gasteiger partial charge in [-0.15, -0.1) is 0 Å². The molecule has 24 heavy (non-hydrogen) atoms. The maximum Gasteiger partial charge on any atom is 0.231 e. The van der Waals surface area contributed by atoms with Crippen LogP contribution >= 0.6 is 35.1 Å². The lowest BCUT2D eigenvalue weighted by molar-refractivity contribution is 0.134. The number of aromatic nitrogens is 4. The first-order chi connectivity index (χ1) is 11.7. The molecular formula is C14H9ClN4O3S2. The molecule has 0 unspecified atom stereocenters. The molecule has 0 amide bonds. The number of nitrogens with zero attached hydrogens (tertiary/aromatic N) is 4. The summed E-state index contributed by atoms with van der Waals surface area (Å²) >= 11 is 9.03. The Morgan fingerprint density at radius 3 is 2.88 bits per heavy atom. The lowest BCUT2D eigenvalue weighted by Crippen LogP contribution is -2.18. The average molecular weight is 381 g/mol. The molecule has 5 rings (SSSR count). The summed E-state index contributed by atoms with van der Waals surface area (Å²) in [6.07, 6.45) is 0.865. The van der Waals surface area contributed by atoms with Gasteiger partial charge >= 0.3 is 0 Å². The summed E-state index contributed by atoms with van der Waals surface area (Å²) in [7, 11) is 0. The van der Waals surface area contributed by atoms with Gasteiger partial charge in [0.15, 0.2) is 28.0 Å². The second-order valence-corrected chi connectivity index (χ2v) is 7.24. The van der Waals surface area contributed by atoms with Gasteiger partial charge in [0.25, 0.3) is 0 Å². The number of thioether (sulfide) groups is 1. The molecule has 2 aromatic heterocycles. The van der Waals surface area contributed by atoms with Gasteiger partial charge in [-0.3, -0.25) is 4.57 Å². The molecule has 10 heteroatoms. The summed E-state index contributed by atoms with van der Waals surface area (Å²) in [5.41, 5.74) is 1.94. The van der Waals surface area contributed by atoms with E-state index < -0.39 is 6.23 Å². The fraction of sp³-hybridized carbons (Fsp3) is 0.214. The quantitative estimate of drug-likeness (QED) is 0.392. The van der Waals surface area contributed by atoms with Crippen LogP contribution in [0.2, 0.25) is 5.15 Å². The Hall–Kier alpha value is -1.68. The highest BCUT2D eigenvalue weighted by molar-refractivity contribution is 7.99. The molecule has 0 bridgehead atoms. The van der Waals surface area contributed by atoms with E-state index >= 15 is 0 Å². The maximum absolute atomic E-state index is 10.9. The number of ether oxygens (including phenoxy) is 2. The second kappa shape index (κ2) is 5.16. The molecule has 2 aliphatic rings. The van der Waals surface area contributed by atoms with Gasteiger partial charge in [-0.1, -0.05) is 23.4 Å². The molecule has 7 nitrogen and oxygen atoms in total. The largest absolute Gasteiger partial charge is 0.454 e. The summed E-state index contributed by atoms with van der Waals surface area (Å²) < 4.78 is 12.5. The minimum atomic E-state index is -1.01. The zero-order valence-corrected chi connectivity index (χ0v) is 14.6. The van der Waals surface area contributed by atoms with E-state index in [0.717, 1.165) is 5.52 Å². The van der Waals surface area contributed by atoms with Gasteiger partial charge in [0, 0.05) is 12.1 Å². The van der Waals surface area contributed by atoms with Gasteiger partial charge in [-0.2, -0.15) is 0 Å². The second-order valence-electron chi connectivity index (χ2n) is 5.15. The van der Waals surface area contributed by atoms with Crippen LogP contribution in [-0.2, 0) is 0 Å². The van der Waals surface area contributed by atoms with Crippen molar-refractivity contribution in [3.05, 3.63) is 22.8 Å². The molecule has 0 radical (unpaired) electrons. The topological polar surface area (TPSA) is 82.3 Å². The van der Waals surface area contributed by atoms with Crippen LogP contribution in [-0.4, -0.2) is 37.7 Å². The lowest BCUT2D eigenvalue weighted by Gasteiger charge is -2.23. The van der Waals surface area contributed by atoms with Crippen molar-refractivity contribution in [3.8, 4) is 11.5 Å². The minimum absolute atomic E-state index is 0.187. The first kappa shape index (κ1) is 14.6. The third-order valence-electron chi connectivity index (χ3n) is 3.87. The molecule has 4 heterocycles. The number of fused-ring (bicyclic) bond motifs is 5. The summed E-state index contributed by atoms with van der Waals surface area (Å²) in [6.45, 7) is 0.187. The zero-order valence-electron chi connectivity index (χ0n) is 12.2.